The molecule has 0 saturated heterocycles. The van der Waals surface area contributed by atoms with E-state index in [0.29, 0.717) is 29.4 Å². The van der Waals surface area contributed by atoms with Gasteiger partial charge in [-0.3, -0.25) is 4.79 Å². The average molecular weight is 265 g/mol. The number of hydrogen-bond acceptors (Lipinski definition) is 3. The van der Waals surface area contributed by atoms with Crippen LogP contribution in [0.5, 0.6) is 0 Å². The zero-order valence-corrected chi connectivity index (χ0v) is 10.7. The summed E-state index contributed by atoms with van der Waals surface area (Å²) in [6.45, 7) is 2.28. The number of halogens is 1. The van der Waals surface area contributed by atoms with Gasteiger partial charge in [-0.15, -0.1) is 0 Å². The molecule has 0 fully saturated rings. The topological polar surface area (TPSA) is 55.1 Å². The van der Waals surface area contributed by atoms with Crippen LogP contribution in [0, 0.1) is 6.92 Å². The summed E-state index contributed by atoms with van der Waals surface area (Å²) in [5.41, 5.74) is 1.31. The molecule has 0 spiro atoms. The number of carbonyl (C=O) groups is 1. The fraction of sp³-hybridized carbons (Fsp3) is 0.231. The fourth-order valence-electron chi connectivity index (χ4n) is 1.57. The Kier molecular flexibility index (Phi) is 3.99. The highest BCUT2D eigenvalue weighted by Crippen LogP contribution is 2.14. The van der Waals surface area contributed by atoms with E-state index in [1.807, 2.05) is 0 Å². The fourth-order valence-corrected chi connectivity index (χ4v) is 1.79. The number of rotatable bonds is 4. The van der Waals surface area contributed by atoms with Crippen LogP contribution in [0.2, 0.25) is 5.02 Å². The van der Waals surface area contributed by atoms with Crippen molar-refractivity contribution >= 4 is 17.5 Å². The van der Waals surface area contributed by atoms with Gasteiger partial charge in [0.1, 0.15) is 6.26 Å². The number of aromatic nitrogens is 1. The molecule has 1 aromatic heterocycles. The van der Waals surface area contributed by atoms with E-state index in [1.165, 1.54) is 0 Å². The Hall–Kier alpha value is -1.81. The van der Waals surface area contributed by atoms with Crippen molar-refractivity contribution < 1.29 is 9.21 Å². The summed E-state index contributed by atoms with van der Waals surface area (Å²) in [4.78, 5) is 16.0. The van der Waals surface area contributed by atoms with E-state index in [0.717, 1.165) is 5.69 Å². The Bertz CT molecular complexity index is 551. The van der Waals surface area contributed by atoms with Gasteiger partial charge in [-0.1, -0.05) is 23.7 Å². The Labute approximate surface area is 110 Å². The van der Waals surface area contributed by atoms with Crippen LogP contribution in [0.3, 0.4) is 0 Å². The van der Waals surface area contributed by atoms with Crippen molar-refractivity contribution in [3.63, 3.8) is 0 Å². The molecular weight excluding hydrogens is 252 g/mol. The predicted molar refractivity (Wildman–Crippen MR) is 68.7 cm³/mol. The molecule has 5 heteroatoms. The van der Waals surface area contributed by atoms with Crippen molar-refractivity contribution in [3.8, 4) is 0 Å². The first-order valence-electron chi connectivity index (χ1n) is 5.60. The van der Waals surface area contributed by atoms with Gasteiger partial charge in [-0.25, -0.2) is 4.98 Å². The van der Waals surface area contributed by atoms with Crippen LogP contribution in [0.4, 0.5) is 0 Å². The summed E-state index contributed by atoms with van der Waals surface area (Å²) in [5, 5.41) is 3.24. The van der Waals surface area contributed by atoms with Gasteiger partial charge in [0.2, 0.25) is 0 Å². The molecule has 0 atom stereocenters. The van der Waals surface area contributed by atoms with Gasteiger partial charge in [0.05, 0.1) is 16.3 Å². The van der Waals surface area contributed by atoms with Crippen LogP contribution in [0.25, 0.3) is 0 Å². The largest absolute Gasteiger partial charge is 0.449 e. The van der Waals surface area contributed by atoms with Crippen molar-refractivity contribution in [3.05, 3.63) is 52.7 Å². The van der Waals surface area contributed by atoms with Crippen LogP contribution in [0.15, 0.2) is 34.9 Å². The van der Waals surface area contributed by atoms with E-state index in [9.17, 15) is 4.79 Å². The highest BCUT2D eigenvalue weighted by Gasteiger charge is 2.08. The van der Waals surface area contributed by atoms with Crippen molar-refractivity contribution in [2.75, 3.05) is 6.54 Å². The third kappa shape index (κ3) is 3.11. The molecule has 94 valence electrons. The predicted octanol–water partition coefficient (Wildman–Crippen LogP) is 2.61. The van der Waals surface area contributed by atoms with Gasteiger partial charge < -0.3 is 9.73 Å². The van der Waals surface area contributed by atoms with Crippen molar-refractivity contribution in [2.45, 2.75) is 13.3 Å². The summed E-state index contributed by atoms with van der Waals surface area (Å²) >= 11 is 5.93. The third-order valence-corrected chi connectivity index (χ3v) is 2.78. The normalized spacial score (nSPS) is 10.3. The van der Waals surface area contributed by atoms with Gasteiger partial charge in [0, 0.05) is 19.9 Å². The highest BCUT2D eigenvalue weighted by molar-refractivity contribution is 6.33. The highest BCUT2D eigenvalue weighted by atomic mass is 35.5. The number of aryl methyl sites for hydroxylation is 1. The molecule has 1 aromatic carbocycles. The van der Waals surface area contributed by atoms with E-state index in [-0.39, 0.29) is 5.91 Å². The van der Waals surface area contributed by atoms with E-state index in [4.69, 9.17) is 16.0 Å². The number of hydrogen-bond donors (Lipinski definition) is 1. The Morgan fingerprint density at radius 2 is 2.22 bits per heavy atom. The van der Waals surface area contributed by atoms with Crippen molar-refractivity contribution in [2.24, 2.45) is 0 Å². The second-order valence-corrected chi connectivity index (χ2v) is 4.25. The standard InChI is InChI=1S/C13H13ClN2O2/c1-9-16-10(8-18-9)6-7-15-13(17)11-4-2-3-5-12(11)14/h2-5,8H,6-7H2,1H3,(H,15,17). The first kappa shape index (κ1) is 12.6. The lowest BCUT2D eigenvalue weighted by molar-refractivity contribution is 0.0954. The zero-order valence-electron chi connectivity index (χ0n) is 9.94. The van der Waals surface area contributed by atoms with E-state index >= 15 is 0 Å². The summed E-state index contributed by atoms with van der Waals surface area (Å²) in [6, 6.07) is 6.95. The molecule has 0 aliphatic heterocycles. The number of carbonyl (C=O) groups excluding carboxylic acids is 1. The molecule has 1 heterocycles. The Balaban J connectivity index is 1.87. The Morgan fingerprint density at radius 1 is 1.44 bits per heavy atom. The van der Waals surface area contributed by atoms with Crippen LogP contribution < -0.4 is 5.32 Å². The molecule has 0 saturated carbocycles. The molecule has 1 N–H and O–H groups in total. The van der Waals surface area contributed by atoms with Gasteiger partial charge in [0.15, 0.2) is 5.89 Å². The maximum atomic E-state index is 11.8. The Morgan fingerprint density at radius 3 is 2.89 bits per heavy atom. The average Bonchev–Trinajstić information content (AvgIpc) is 2.75. The first-order chi connectivity index (χ1) is 8.66. The van der Waals surface area contributed by atoms with Crippen LogP contribution in [-0.4, -0.2) is 17.4 Å². The number of amides is 1. The van der Waals surface area contributed by atoms with E-state index in [1.54, 1.807) is 37.5 Å². The molecule has 0 aliphatic carbocycles. The first-order valence-corrected chi connectivity index (χ1v) is 5.98. The quantitative estimate of drug-likeness (QED) is 0.924. The molecule has 4 nitrogen and oxygen atoms in total. The lowest BCUT2D eigenvalue weighted by Crippen LogP contribution is -2.26. The van der Waals surface area contributed by atoms with Gasteiger partial charge in [-0.2, -0.15) is 0 Å². The van der Waals surface area contributed by atoms with E-state index in [2.05, 4.69) is 10.3 Å². The molecule has 2 rings (SSSR count). The maximum Gasteiger partial charge on any atom is 0.252 e. The van der Waals surface area contributed by atoms with Crippen LogP contribution in [-0.2, 0) is 6.42 Å². The smallest absolute Gasteiger partial charge is 0.252 e. The second-order valence-electron chi connectivity index (χ2n) is 3.84. The van der Waals surface area contributed by atoms with Gasteiger partial charge in [0.25, 0.3) is 5.91 Å². The van der Waals surface area contributed by atoms with E-state index < -0.39 is 0 Å². The third-order valence-electron chi connectivity index (χ3n) is 2.45. The summed E-state index contributed by atoms with van der Waals surface area (Å²) in [7, 11) is 0. The summed E-state index contributed by atoms with van der Waals surface area (Å²) in [6.07, 6.45) is 2.23. The molecule has 0 bridgehead atoms. The number of nitrogens with one attached hydrogen (secondary N) is 1. The molecular formula is C13H13ClN2O2. The van der Waals surface area contributed by atoms with Crippen LogP contribution >= 0.6 is 11.6 Å². The molecule has 0 aliphatic rings. The number of benzene rings is 1. The van der Waals surface area contributed by atoms with Crippen molar-refractivity contribution in [1.29, 1.82) is 0 Å². The molecule has 0 unspecified atom stereocenters. The zero-order chi connectivity index (χ0) is 13.0. The van der Waals surface area contributed by atoms with Crippen molar-refractivity contribution in [1.82, 2.24) is 10.3 Å². The molecule has 18 heavy (non-hydrogen) atoms. The molecule has 0 radical (unpaired) electrons. The SMILES string of the molecule is Cc1nc(CCNC(=O)c2ccccc2Cl)co1. The minimum Gasteiger partial charge on any atom is -0.449 e. The minimum atomic E-state index is -0.180. The monoisotopic (exact) mass is 264 g/mol. The van der Waals surface area contributed by atoms with Gasteiger partial charge in [-0.05, 0) is 12.1 Å². The second kappa shape index (κ2) is 5.69. The number of nitrogens with zero attached hydrogens (tertiary/aromatic N) is 1. The lowest BCUT2D eigenvalue weighted by atomic mass is 10.2. The molecule has 1 amide bonds. The lowest BCUT2D eigenvalue weighted by Gasteiger charge is -2.05. The van der Waals surface area contributed by atoms with Crippen LogP contribution in [0.1, 0.15) is 21.9 Å². The summed E-state index contributed by atoms with van der Waals surface area (Å²) in [5.74, 6) is 0.447. The maximum absolute atomic E-state index is 11.8. The van der Waals surface area contributed by atoms with Gasteiger partial charge >= 0.3 is 0 Å². The molecule has 2 aromatic rings. The minimum absolute atomic E-state index is 0.180. The summed E-state index contributed by atoms with van der Waals surface area (Å²) < 4.78 is 5.08. The number of oxazole rings is 1.